The summed E-state index contributed by atoms with van der Waals surface area (Å²) in [6.07, 6.45) is -0.0594. The first kappa shape index (κ1) is 15.5. The molecule has 1 aromatic carbocycles. The van der Waals surface area contributed by atoms with Gasteiger partial charge in [-0.2, -0.15) is 0 Å². The van der Waals surface area contributed by atoms with Crippen LogP contribution < -0.4 is 0 Å². The summed E-state index contributed by atoms with van der Waals surface area (Å²) >= 11 is 14.6. The van der Waals surface area contributed by atoms with Gasteiger partial charge in [0.2, 0.25) is 0 Å². The molecule has 0 saturated heterocycles. The van der Waals surface area contributed by atoms with Crippen LogP contribution in [0.1, 0.15) is 4.88 Å². The van der Waals surface area contributed by atoms with Gasteiger partial charge in [-0.05, 0) is 24.3 Å². The van der Waals surface area contributed by atoms with Gasteiger partial charge in [0.05, 0.1) is 21.3 Å². The zero-order valence-electron chi connectivity index (χ0n) is 11.0. The molecule has 0 atom stereocenters. The molecule has 0 saturated carbocycles. The van der Waals surface area contributed by atoms with Gasteiger partial charge in [-0.3, -0.25) is 4.79 Å². The molecule has 0 amide bonds. The van der Waals surface area contributed by atoms with Crippen LogP contribution in [0.4, 0.5) is 0 Å². The Morgan fingerprint density at radius 3 is 2.41 bits per heavy atom. The third kappa shape index (κ3) is 3.33. The van der Waals surface area contributed by atoms with Gasteiger partial charge < -0.3 is 5.11 Å². The number of hydrogen-bond donors (Lipinski definition) is 1. The van der Waals surface area contributed by atoms with Crippen LogP contribution in [-0.2, 0) is 11.2 Å². The maximum atomic E-state index is 11.1. The van der Waals surface area contributed by atoms with E-state index in [4.69, 9.17) is 28.3 Å². The molecule has 0 bridgehead atoms. The van der Waals surface area contributed by atoms with Gasteiger partial charge in [0.1, 0.15) is 5.01 Å². The third-order valence-electron chi connectivity index (χ3n) is 2.91. The van der Waals surface area contributed by atoms with Crippen LogP contribution in [0.5, 0.6) is 0 Å². The number of rotatable bonds is 4. The highest BCUT2D eigenvalue weighted by Gasteiger charge is 2.18. The molecular weight excluding hydrogens is 361 g/mol. The van der Waals surface area contributed by atoms with Crippen molar-refractivity contribution < 1.29 is 9.90 Å². The lowest BCUT2D eigenvalue weighted by atomic mass is 10.2. The number of nitrogens with zero attached hydrogens (tertiary/aromatic N) is 1. The highest BCUT2D eigenvalue weighted by atomic mass is 35.5. The topological polar surface area (TPSA) is 50.2 Å². The van der Waals surface area contributed by atoms with E-state index in [1.165, 1.54) is 22.7 Å². The van der Waals surface area contributed by atoms with Crippen LogP contribution in [0.15, 0.2) is 36.4 Å². The molecule has 1 N–H and O–H groups in total. The van der Waals surface area contributed by atoms with E-state index in [0.29, 0.717) is 15.1 Å². The molecule has 3 aromatic rings. The van der Waals surface area contributed by atoms with Crippen molar-refractivity contribution >= 4 is 51.8 Å². The molecule has 3 nitrogen and oxygen atoms in total. The van der Waals surface area contributed by atoms with E-state index in [0.717, 1.165) is 20.3 Å². The summed E-state index contributed by atoms with van der Waals surface area (Å²) in [6.45, 7) is 0. The Balaban J connectivity index is 2.07. The molecule has 0 fully saturated rings. The van der Waals surface area contributed by atoms with Gasteiger partial charge in [-0.1, -0.05) is 35.3 Å². The molecular formula is C15H9Cl2NO2S2. The van der Waals surface area contributed by atoms with Gasteiger partial charge in [-0.25, -0.2) is 4.98 Å². The fourth-order valence-corrected chi connectivity index (χ4v) is 4.28. The van der Waals surface area contributed by atoms with Crippen molar-refractivity contribution in [3.05, 3.63) is 50.6 Å². The molecule has 22 heavy (non-hydrogen) atoms. The normalized spacial score (nSPS) is 10.8. The number of halogens is 2. The number of carboxylic acids is 1. The quantitative estimate of drug-likeness (QED) is 0.662. The maximum Gasteiger partial charge on any atom is 0.308 e. The van der Waals surface area contributed by atoms with Crippen molar-refractivity contribution in [2.45, 2.75) is 6.42 Å². The molecule has 0 radical (unpaired) electrons. The third-order valence-corrected chi connectivity index (χ3v) is 5.50. The van der Waals surface area contributed by atoms with Crippen LogP contribution in [0, 0.1) is 0 Å². The van der Waals surface area contributed by atoms with Crippen molar-refractivity contribution in [2.24, 2.45) is 0 Å². The molecule has 112 valence electrons. The first-order chi connectivity index (χ1) is 10.5. The predicted molar refractivity (Wildman–Crippen MR) is 92.2 cm³/mol. The van der Waals surface area contributed by atoms with Gasteiger partial charge in [0.15, 0.2) is 0 Å². The number of thiazole rings is 1. The number of hydrogen-bond acceptors (Lipinski definition) is 4. The van der Waals surface area contributed by atoms with E-state index in [2.05, 4.69) is 4.98 Å². The lowest BCUT2D eigenvalue weighted by molar-refractivity contribution is -0.136. The van der Waals surface area contributed by atoms with E-state index in [1.807, 2.05) is 18.2 Å². The SMILES string of the molecule is O=C(O)Cc1sc(-c2ccc(Cl)cc2)nc1-c1ccc(Cl)s1. The predicted octanol–water partition coefficient (Wildman–Crippen LogP) is 5.47. The number of carbonyl (C=O) groups is 1. The summed E-state index contributed by atoms with van der Waals surface area (Å²) in [4.78, 5) is 17.3. The average molecular weight is 370 g/mol. The lowest BCUT2D eigenvalue weighted by Crippen LogP contribution is -1.98. The number of aromatic nitrogens is 1. The minimum Gasteiger partial charge on any atom is -0.481 e. The van der Waals surface area contributed by atoms with Crippen LogP contribution in [0.2, 0.25) is 9.36 Å². The molecule has 0 aliphatic heterocycles. The minimum atomic E-state index is -0.879. The number of thiophene rings is 1. The number of carboxylic acid groups (broad SMARTS) is 1. The molecule has 0 spiro atoms. The Morgan fingerprint density at radius 2 is 1.82 bits per heavy atom. The van der Waals surface area contributed by atoms with Crippen LogP contribution in [-0.4, -0.2) is 16.1 Å². The van der Waals surface area contributed by atoms with Crippen LogP contribution in [0.25, 0.3) is 21.1 Å². The summed E-state index contributed by atoms with van der Waals surface area (Å²) in [5, 5.41) is 10.5. The summed E-state index contributed by atoms with van der Waals surface area (Å²) in [5.41, 5.74) is 1.60. The Labute approximate surface area is 144 Å². The van der Waals surface area contributed by atoms with Gasteiger partial charge in [0, 0.05) is 15.5 Å². The Bertz CT molecular complexity index is 824. The molecule has 3 rings (SSSR count). The number of aliphatic carboxylic acids is 1. The largest absolute Gasteiger partial charge is 0.481 e. The molecule has 2 heterocycles. The van der Waals surface area contributed by atoms with E-state index in [-0.39, 0.29) is 6.42 Å². The van der Waals surface area contributed by atoms with Gasteiger partial charge in [-0.15, -0.1) is 22.7 Å². The summed E-state index contributed by atoms with van der Waals surface area (Å²) in [5.74, 6) is -0.879. The van der Waals surface area contributed by atoms with E-state index in [1.54, 1.807) is 18.2 Å². The first-order valence-corrected chi connectivity index (χ1v) is 8.65. The molecule has 0 aliphatic rings. The average Bonchev–Trinajstić information content (AvgIpc) is 3.05. The van der Waals surface area contributed by atoms with Gasteiger partial charge in [0.25, 0.3) is 0 Å². The second-order valence-electron chi connectivity index (χ2n) is 4.47. The summed E-state index contributed by atoms with van der Waals surface area (Å²) in [7, 11) is 0. The van der Waals surface area contributed by atoms with Crippen molar-refractivity contribution in [1.82, 2.24) is 4.98 Å². The van der Waals surface area contributed by atoms with E-state index in [9.17, 15) is 4.79 Å². The Hall–Kier alpha value is -1.40. The standard InChI is InChI=1S/C15H9Cl2NO2S2/c16-9-3-1-8(2-4-9)15-18-14(10-5-6-12(17)21-10)11(22-15)7-13(19)20/h1-6H,7H2,(H,19,20). The first-order valence-electron chi connectivity index (χ1n) is 6.26. The number of benzene rings is 1. The molecule has 0 unspecified atom stereocenters. The zero-order chi connectivity index (χ0) is 15.7. The maximum absolute atomic E-state index is 11.1. The van der Waals surface area contributed by atoms with Crippen molar-refractivity contribution in [3.8, 4) is 21.1 Å². The second kappa shape index (κ2) is 6.38. The minimum absolute atomic E-state index is 0.0594. The van der Waals surface area contributed by atoms with Crippen LogP contribution in [0.3, 0.4) is 0 Å². The monoisotopic (exact) mass is 369 g/mol. The summed E-state index contributed by atoms with van der Waals surface area (Å²) < 4.78 is 0.650. The smallest absolute Gasteiger partial charge is 0.308 e. The van der Waals surface area contributed by atoms with Crippen molar-refractivity contribution in [3.63, 3.8) is 0 Å². The second-order valence-corrected chi connectivity index (χ2v) is 7.71. The fraction of sp³-hybridized carbons (Fsp3) is 0.0667. The Morgan fingerprint density at radius 1 is 1.09 bits per heavy atom. The van der Waals surface area contributed by atoms with Crippen molar-refractivity contribution in [2.75, 3.05) is 0 Å². The van der Waals surface area contributed by atoms with E-state index >= 15 is 0 Å². The molecule has 2 aromatic heterocycles. The zero-order valence-corrected chi connectivity index (χ0v) is 14.2. The highest BCUT2D eigenvalue weighted by molar-refractivity contribution is 7.20. The van der Waals surface area contributed by atoms with Crippen molar-refractivity contribution in [1.29, 1.82) is 0 Å². The molecule has 0 aliphatic carbocycles. The molecule has 7 heteroatoms. The summed E-state index contributed by atoms with van der Waals surface area (Å²) in [6, 6.07) is 11.0. The van der Waals surface area contributed by atoms with Gasteiger partial charge >= 0.3 is 5.97 Å². The van der Waals surface area contributed by atoms with Crippen LogP contribution >= 0.6 is 45.9 Å². The Kier molecular flexibility index (Phi) is 4.49. The van der Waals surface area contributed by atoms with E-state index < -0.39 is 5.97 Å². The highest BCUT2D eigenvalue weighted by Crippen LogP contribution is 2.38. The fourth-order valence-electron chi connectivity index (χ4n) is 1.96. The lowest BCUT2D eigenvalue weighted by Gasteiger charge is -1.95.